The van der Waals surface area contributed by atoms with E-state index >= 15 is 0 Å². The first-order valence-electron chi connectivity index (χ1n) is 5.96. The van der Waals surface area contributed by atoms with Crippen molar-refractivity contribution in [2.45, 2.75) is 12.5 Å². The minimum Gasteiger partial charge on any atom is -0.370 e. The van der Waals surface area contributed by atoms with Gasteiger partial charge in [0, 0.05) is 12.5 Å². The summed E-state index contributed by atoms with van der Waals surface area (Å²) in [5.41, 5.74) is 13.7. The van der Waals surface area contributed by atoms with Crippen molar-refractivity contribution in [3.8, 4) is 11.1 Å². The molecule has 0 radical (unpaired) electrons. The molecule has 0 spiro atoms. The van der Waals surface area contributed by atoms with E-state index in [1.165, 1.54) is 12.1 Å². The Balaban J connectivity index is 2.40. The number of amides is 1. The van der Waals surface area contributed by atoms with Crippen LogP contribution in [-0.4, -0.2) is 5.91 Å². The highest BCUT2D eigenvalue weighted by atomic mass is 19.1. The standard InChI is InChI=1S/C15H15FN2O/c16-11-7-5-10(6-8-11)12-3-1-2-4-13(12)14(17)9-15(18)19/h1-8,14H,9,17H2,(H2,18,19). The van der Waals surface area contributed by atoms with Crippen LogP contribution in [0.2, 0.25) is 0 Å². The molecule has 2 aromatic carbocycles. The summed E-state index contributed by atoms with van der Waals surface area (Å²) in [5, 5.41) is 0. The van der Waals surface area contributed by atoms with Crippen molar-refractivity contribution in [1.82, 2.24) is 0 Å². The van der Waals surface area contributed by atoms with Crippen LogP contribution < -0.4 is 11.5 Å². The predicted octanol–water partition coefficient (Wildman–Crippen LogP) is 2.37. The summed E-state index contributed by atoms with van der Waals surface area (Å²) in [7, 11) is 0. The van der Waals surface area contributed by atoms with Gasteiger partial charge in [0.25, 0.3) is 0 Å². The molecule has 0 saturated carbocycles. The second-order valence-corrected chi connectivity index (χ2v) is 4.37. The molecule has 0 fully saturated rings. The largest absolute Gasteiger partial charge is 0.370 e. The van der Waals surface area contributed by atoms with Gasteiger partial charge in [0.2, 0.25) is 5.91 Å². The van der Waals surface area contributed by atoms with Crippen molar-refractivity contribution in [2.24, 2.45) is 11.5 Å². The molecule has 2 rings (SSSR count). The number of hydrogen-bond donors (Lipinski definition) is 2. The molecular formula is C15H15FN2O. The molecule has 2 aromatic rings. The van der Waals surface area contributed by atoms with Gasteiger partial charge >= 0.3 is 0 Å². The Hall–Kier alpha value is -2.20. The van der Waals surface area contributed by atoms with Gasteiger partial charge in [-0.25, -0.2) is 4.39 Å². The number of halogens is 1. The zero-order chi connectivity index (χ0) is 13.8. The highest BCUT2D eigenvalue weighted by molar-refractivity contribution is 5.76. The molecule has 0 aliphatic carbocycles. The molecule has 1 atom stereocenters. The number of hydrogen-bond acceptors (Lipinski definition) is 2. The van der Waals surface area contributed by atoms with E-state index in [1.807, 2.05) is 24.3 Å². The second-order valence-electron chi connectivity index (χ2n) is 4.37. The molecule has 0 bridgehead atoms. The number of benzene rings is 2. The van der Waals surface area contributed by atoms with Gasteiger partial charge in [0.1, 0.15) is 5.82 Å². The third kappa shape index (κ3) is 3.17. The van der Waals surface area contributed by atoms with Gasteiger partial charge in [0.05, 0.1) is 0 Å². The maximum absolute atomic E-state index is 12.9. The summed E-state index contributed by atoms with van der Waals surface area (Å²) in [6.45, 7) is 0. The number of primary amides is 1. The summed E-state index contributed by atoms with van der Waals surface area (Å²) in [5.74, 6) is -0.732. The Morgan fingerprint density at radius 1 is 1.11 bits per heavy atom. The topological polar surface area (TPSA) is 69.1 Å². The van der Waals surface area contributed by atoms with Gasteiger partial charge in [0.15, 0.2) is 0 Å². The van der Waals surface area contributed by atoms with E-state index in [1.54, 1.807) is 12.1 Å². The van der Waals surface area contributed by atoms with Crippen LogP contribution in [0.1, 0.15) is 18.0 Å². The summed E-state index contributed by atoms with van der Waals surface area (Å²) in [4.78, 5) is 11.0. The van der Waals surface area contributed by atoms with Crippen LogP contribution in [0, 0.1) is 5.82 Å². The quantitative estimate of drug-likeness (QED) is 0.884. The van der Waals surface area contributed by atoms with E-state index in [0.29, 0.717) is 0 Å². The van der Waals surface area contributed by atoms with Gasteiger partial charge in [-0.2, -0.15) is 0 Å². The summed E-state index contributed by atoms with van der Waals surface area (Å²) < 4.78 is 12.9. The van der Waals surface area contributed by atoms with Crippen LogP contribution in [-0.2, 0) is 4.79 Å². The molecule has 1 amide bonds. The molecule has 4 heteroatoms. The molecule has 0 saturated heterocycles. The lowest BCUT2D eigenvalue weighted by atomic mass is 9.94. The van der Waals surface area contributed by atoms with Gasteiger partial charge in [-0.1, -0.05) is 36.4 Å². The van der Waals surface area contributed by atoms with Crippen LogP contribution in [0.25, 0.3) is 11.1 Å². The van der Waals surface area contributed by atoms with Gasteiger partial charge in [-0.05, 0) is 28.8 Å². The lowest BCUT2D eigenvalue weighted by molar-refractivity contribution is -0.118. The molecule has 98 valence electrons. The van der Waals surface area contributed by atoms with Crippen molar-refractivity contribution in [1.29, 1.82) is 0 Å². The number of nitrogens with two attached hydrogens (primary N) is 2. The smallest absolute Gasteiger partial charge is 0.219 e. The first-order valence-corrected chi connectivity index (χ1v) is 5.96. The van der Waals surface area contributed by atoms with E-state index in [0.717, 1.165) is 16.7 Å². The highest BCUT2D eigenvalue weighted by Gasteiger charge is 2.14. The molecule has 0 heterocycles. The first-order chi connectivity index (χ1) is 9.08. The Bertz CT molecular complexity index is 581. The van der Waals surface area contributed by atoms with E-state index in [-0.39, 0.29) is 12.2 Å². The molecule has 0 aliphatic heterocycles. The van der Waals surface area contributed by atoms with Gasteiger partial charge < -0.3 is 11.5 Å². The SMILES string of the molecule is NC(=O)CC(N)c1ccccc1-c1ccc(F)cc1. The third-order valence-corrected chi connectivity index (χ3v) is 2.94. The molecule has 4 N–H and O–H groups in total. The fourth-order valence-electron chi connectivity index (χ4n) is 2.04. The maximum Gasteiger partial charge on any atom is 0.219 e. The maximum atomic E-state index is 12.9. The zero-order valence-electron chi connectivity index (χ0n) is 10.3. The molecule has 1 unspecified atom stereocenters. The lowest BCUT2D eigenvalue weighted by Gasteiger charge is -2.15. The summed E-state index contributed by atoms with van der Waals surface area (Å²) in [6, 6.07) is 13.2. The minimum absolute atomic E-state index is 0.0816. The van der Waals surface area contributed by atoms with Crippen LogP contribution >= 0.6 is 0 Å². The molecule has 3 nitrogen and oxygen atoms in total. The lowest BCUT2D eigenvalue weighted by Crippen LogP contribution is -2.21. The van der Waals surface area contributed by atoms with Gasteiger partial charge in [-0.15, -0.1) is 0 Å². The molecule has 0 aromatic heterocycles. The van der Waals surface area contributed by atoms with Crippen molar-refractivity contribution >= 4 is 5.91 Å². The molecule has 0 aliphatic rings. The average molecular weight is 258 g/mol. The Kier molecular flexibility index (Phi) is 3.92. The van der Waals surface area contributed by atoms with Crippen LogP contribution in [0.4, 0.5) is 4.39 Å². The number of carbonyl (C=O) groups is 1. The number of rotatable bonds is 4. The van der Waals surface area contributed by atoms with Crippen LogP contribution in [0.15, 0.2) is 48.5 Å². The third-order valence-electron chi connectivity index (χ3n) is 2.94. The van der Waals surface area contributed by atoms with E-state index in [4.69, 9.17) is 11.5 Å². The van der Waals surface area contributed by atoms with Crippen LogP contribution in [0.5, 0.6) is 0 Å². The first kappa shape index (κ1) is 13.2. The van der Waals surface area contributed by atoms with Crippen molar-refractivity contribution in [3.05, 3.63) is 59.9 Å². The Morgan fingerprint density at radius 3 is 2.37 bits per heavy atom. The van der Waals surface area contributed by atoms with E-state index < -0.39 is 11.9 Å². The number of carbonyl (C=O) groups excluding carboxylic acids is 1. The van der Waals surface area contributed by atoms with Gasteiger partial charge in [-0.3, -0.25) is 4.79 Å². The van der Waals surface area contributed by atoms with E-state index in [2.05, 4.69) is 0 Å². The molecular weight excluding hydrogens is 243 g/mol. The fourth-order valence-corrected chi connectivity index (χ4v) is 2.04. The summed E-state index contributed by atoms with van der Waals surface area (Å²) >= 11 is 0. The average Bonchev–Trinajstić information content (AvgIpc) is 2.39. The van der Waals surface area contributed by atoms with Crippen molar-refractivity contribution in [3.63, 3.8) is 0 Å². The zero-order valence-corrected chi connectivity index (χ0v) is 10.3. The Labute approximate surface area is 111 Å². The minimum atomic E-state index is -0.459. The van der Waals surface area contributed by atoms with Crippen molar-refractivity contribution in [2.75, 3.05) is 0 Å². The van der Waals surface area contributed by atoms with Crippen LogP contribution in [0.3, 0.4) is 0 Å². The van der Waals surface area contributed by atoms with Crippen molar-refractivity contribution < 1.29 is 9.18 Å². The highest BCUT2D eigenvalue weighted by Crippen LogP contribution is 2.28. The predicted molar refractivity (Wildman–Crippen MR) is 72.6 cm³/mol. The monoisotopic (exact) mass is 258 g/mol. The summed E-state index contributed by atoms with van der Waals surface area (Å²) in [6.07, 6.45) is 0.0816. The molecule has 19 heavy (non-hydrogen) atoms. The second kappa shape index (κ2) is 5.63. The Morgan fingerprint density at radius 2 is 1.74 bits per heavy atom. The van der Waals surface area contributed by atoms with E-state index in [9.17, 15) is 9.18 Å². The normalized spacial score (nSPS) is 12.1. The fraction of sp³-hybridized carbons (Fsp3) is 0.133.